The van der Waals surface area contributed by atoms with Gasteiger partial charge in [-0.3, -0.25) is 0 Å². The van der Waals surface area contributed by atoms with Gasteiger partial charge in [-0.2, -0.15) is 8.78 Å². The van der Waals surface area contributed by atoms with Crippen LogP contribution in [0.3, 0.4) is 0 Å². The minimum atomic E-state index is -3.40. The van der Waals surface area contributed by atoms with E-state index in [0.717, 1.165) is 45.1 Å². The summed E-state index contributed by atoms with van der Waals surface area (Å²) in [5, 5.41) is 6.81. The molecule has 2 heterocycles. The van der Waals surface area contributed by atoms with Crippen molar-refractivity contribution in [3.63, 3.8) is 0 Å². The third kappa shape index (κ3) is 3.87. The SMILES string of the molecule is C/C=C\C1=C(/N=C(\N)[C@@H]2CC3(CC3)CN2)C(F)(F)C(/N=C(\N)[C@H]2NC3CC[C@H]2C3)=C1/C=C\C. The number of aliphatic imine (C=N–C) groups is 2. The lowest BCUT2D eigenvalue weighted by atomic mass is 9.99. The number of alkyl halides is 2. The van der Waals surface area contributed by atoms with Crippen LogP contribution < -0.4 is 22.1 Å². The fraction of sp³-hybridized carbons (Fsp3) is 0.600. The van der Waals surface area contributed by atoms with E-state index in [1.165, 1.54) is 0 Å². The lowest BCUT2D eigenvalue weighted by Crippen LogP contribution is -2.45. The van der Waals surface area contributed by atoms with Gasteiger partial charge in [0.2, 0.25) is 0 Å². The van der Waals surface area contributed by atoms with Gasteiger partial charge in [0.15, 0.2) is 0 Å². The number of halogens is 2. The first-order chi connectivity index (χ1) is 15.8. The van der Waals surface area contributed by atoms with Gasteiger partial charge in [0.1, 0.15) is 23.1 Å². The second-order valence-electron chi connectivity index (χ2n) is 10.2. The first-order valence-corrected chi connectivity index (χ1v) is 12.1. The summed E-state index contributed by atoms with van der Waals surface area (Å²) in [5.74, 6) is -2.60. The van der Waals surface area contributed by atoms with Crippen molar-refractivity contribution >= 4 is 11.7 Å². The van der Waals surface area contributed by atoms with Crippen molar-refractivity contribution < 1.29 is 8.78 Å². The molecule has 6 N–H and O–H groups in total. The van der Waals surface area contributed by atoms with Crippen LogP contribution >= 0.6 is 0 Å². The number of amidine groups is 2. The molecule has 0 aromatic carbocycles. The van der Waals surface area contributed by atoms with Crippen LogP contribution in [0.25, 0.3) is 0 Å². The largest absolute Gasteiger partial charge is 0.386 e. The second-order valence-corrected chi connectivity index (χ2v) is 10.2. The summed E-state index contributed by atoms with van der Waals surface area (Å²) in [4.78, 5) is 8.70. The van der Waals surface area contributed by atoms with E-state index in [1.807, 2.05) is 0 Å². The fourth-order valence-electron chi connectivity index (χ4n) is 5.91. The van der Waals surface area contributed by atoms with Gasteiger partial charge in [0, 0.05) is 23.7 Å². The van der Waals surface area contributed by atoms with Crippen LogP contribution in [0, 0.1) is 11.3 Å². The quantitative estimate of drug-likeness (QED) is 0.364. The zero-order chi connectivity index (χ0) is 23.4. The Kier molecular flexibility index (Phi) is 5.56. The standard InChI is InChI=1S/C25H34F2N6/c1-3-5-16-17(6-4-2)21(33-23(29)19-14-7-8-15(11-14)31-19)25(26,27)20(16)32-22(28)18-12-24(9-10-24)13-30-18/h3-6,14-15,18-19,30-31H,7-13H2,1-2H3,(H2,28,32)(H2,29,33)/b5-3-,6-4-/t14-,15?,18-,19-/m0/s1. The summed E-state index contributed by atoms with van der Waals surface area (Å²) >= 11 is 0. The van der Waals surface area contributed by atoms with E-state index >= 15 is 8.78 Å². The molecule has 0 radical (unpaired) electrons. The molecule has 3 aliphatic carbocycles. The number of fused-ring (bicyclic) bond motifs is 2. The molecule has 2 saturated carbocycles. The molecule has 5 rings (SSSR count). The molecule has 4 atom stereocenters. The minimum absolute atomic E-state index is 0.154. The van der Waals surface area contributed by atoms with Crippen molar-refractivity contribution in [3.05, 3.63) is 46.8 Å². The highest BCUT2D eigenvalue weighted by atomic mass is 19.3. The number of allylic oxidation sites excluding steroid dienone is 6. The van der Waals surface area contributed by atoms with Gasteiger partial charge >= 0.3 is 5.92 Å². The third-order valence-corrected chi connectivity index (χ3v) is 7.90. The summed E-state index contributed by atoms with van der Waals surface area (Å²) < 4.78 is 31.8. The fourth-order valence-corrected chi connectivity index (χ4v) is 5.91. The van der Waals surface area contributed by atoms with Crippen LogP contribution in [-0.4, -0.2) is 42.3 Å². The smallest absolute Gasteiger partial charge is 0.332 e. The van der Waals surface area contributed by atoms with Crippen molar-refractivity contribution in [2.45, 2.75) is 76.4 Å². The van der Waals surface area contributed by atoms with Gasteiger partial charge in [-0.05, 0) is 63.7 Å². The van der Waals surface area contributed by atoms with E-state index in [4.69, 9.17) is 11.5 Å². The summed E-state index contributed by atoms with van der Waals surface area (Å²) in [6, 6.07) is 0.0787. The van der Waals surface area contributed by atoms with Crippen LogP contribution in [0.2, 0.25) is 0 Å². The number of hydrogen-bond acceptors (Lipinski definition) is 4. The van der Waals surface area contributed by atoms with E-state index < -0.39 is 5.92 Å². The van der Waals surface area contributed by atoms with Crippen molar-refractivity contribution in [3.8, 4) is 0 Å². The van der Waals surface area contributed by atoms with E-state index in [0.29, 0.717) is 23.1 Å². The third-order valence-electron chi connectivity index (χ3n) is 7.90. The number of nitrogens with two attached hydrogens (primary N) is 2. The predicted octanol–water partition coefficient (Wildman–Crippen LogP) is 3.29. The Labute approximate surface area is 194 Å². The predicted molar refractivity (Wildman–Crippen MR) is 128 cm³/mol. The normalized spacial score (nSPS) is 35.4. The number of nitrogens with one attached hydrogen (secondary N) is 2. The van der Waals surface area contributed by atoms with E-state index in [2.05, 4.69) is 20.6 Å². The first-order valence-electron chi connectivity index (χ1n) is 12.1. The Hall–Kier alpha value is -2.32. The molecular formula is C25H34F2N6. The van der Waals surface area contributed by atoms with Crippen molar-refractivity contribution in [1.29, 1.82) is 0 Å². The molecule has 6 nitrogen and oxygen atoms in total. The molecule has 0 aromatic heterocycles. The Morgan fingerprint density at radius 2 is 1.64 bits per heavy atom. The number of piperidine rings is 1. The monoisotopic (exact) mass is 456 g/mol. The molecular weight excluding hydrogens is 422 g/mol. The lowest BCUT2D eigenvalue weighted by molar-refractivity contribution is 0.0832. The number of nitrogens with zero attached hydrogens (tertiary/aromatic N) is 2. The van der Waals surface area contributed by atoms with Crippen molar-refractivity contribution in [2.75, 3.05) is 6.54 Å². The molecule has 1 unspecified atom stereocenters. The lowest BCUT2D eigenvalue weighted by Gasteiger charge is -2.23. The van der Waals surface area contributed by atoms with Crippen LogP contribution in [0.5, 0.6) is 0 Å². The van der Waals surface area contributed by atoms with Crippen LogP contribution in [-0.2, 0) is 0 Å². The maximum absolute atomic E-state index is 15.9. The summed E-state index contributed by atoms with van der Waals surface area (Å²) in [6.07, 6.45) is 13.2. The highest BCUT2D eigenvalue weighted by molar-refractivity contribution is 5.90. The van der Waals surface area contributed by atoms with Gasteiger partial charge in [-0.1, -0.05) is 24.3 Å². The zero-order valence-corrected chi connectivity index (χ0v) is 19.4. The van der Waals surface area contributed by atoms with Gasteiger partial charge in [0.05, 0.1) is 12.1 Å². The maximum Gasteiger partial charge on any atom is 0.332 e. The molecule has 5 aliphatic rings. The zero-order valence-electron chi connectivity index (χ0n) is 19.4. The first kappa shape index (κ1) is 22.5. The Morgan fingerprint density at radius 1 is 1.00 bits per heavy atom. The molecule has 2 saturated heterocycles. The molecule has 0 amide bonds. The minimum Gasteiger partial charge on any atom is -0.386 e. The van der Waals surface area contributed by atoms with E-state index in [1.54, 1.807) is 38.2 Å². The van der Waals surface area contributed by atoms with Crippen LogP contribution in [0.15, 0.2) is 56.8 Å². The van der Waals surface area contributed by atoms with Gasteiger partial charge in [-0.15, -0.1) is 0 Å². The summed E-state index contributed by atoms with van der Waals surface area (Å²) in [5.41, 5.74) is 12.9. The summed E-state index contributed by atoms with van der Waals surface area (Å²) in [6.45, 7) is 4.47. The van der Waals surface area contributed by atoms with Gasteiger partial charge < -0.3 is 22.1 Å². The molecule has 1 spiro atoms. The van der Waals surface area contributed by atoms with Crippen LogP contribution in [0.4, 0.5) is 8.78 Å². The molecule has 2 bridgehead atoms. The van der Waals surface area contributed by atoms with Crippen LogP contribution in [0.1, 0.15) is 52.4 Å². The topological polar surface area (TPSA) is 101 Å². The van der Waals surface area contributed by atoms with E-state index in [-0.39, 0.29) is 40.6 Å². The Balaban J connectivity index is 1.51. The molecule has 33 heavy (non-hydrogen) atoms. The average Bonchev–Trinajstić information content (AvgIpc) is 3.12. The Bertz CT molecular complexity index is 1010. The van der Waals surface area contributed by atoms with E-state index in [9.17, 15) is 0 Å². The molecule has 4 fully saturated rings. The van der Waals surface area contributed by atoms with Crippen molar-refractivity contribution in [2.24, 2.45) is 32.8 Å². The number of hydrogen-bond donors (Lipinski definition) is 4. The maximum atomic E-state index is 15.9. The van der Waals surface area contributed by atoms with Gasteiger partial charge in [-0.25, -0.2) is 9.98 Å². The highest BCUT2D eigenvalue weighted by Crippen LogP contribution is 2.52. The molecule has 0 aromatic rings. The molecule has 2 aliphatic heterocycles. The molecule has 178 valence electrons. The van der Waals surface area contributed by atoms with Crippen molar-refractivity contribution in [1.82, 2.24) is 10.6 Å². The highest BCUT2D eigenvalue weighted by Gasteiger charge is 2.51. The summed E-state index contributed by atoms with van der Waals surface area (Å²) in [7, 11) is 0. The number of rotatable bonds is 6. The molecule has 8 heteroatoms. The Morgan fingerprint density at radius 3 is 2.12 bits per heavy atom. The van der Waals surface area contributed by atoms with Gasteiger partial charge in [0.25, 0.3) is 0 Å². The second kappa shape index (κ2) is 8.17. The average molecular weight is 457 g/mol.